The monoisotopic (exact) mass is 335 g/mol. The van der Waals surface area contributed by atoms with E-state index in [0.717, 1.165) is 23.1 Å². The summed E-state index contributed by atoms with van der Waals surface area (Å²) in [5.41, 5.74) is 3.54. The first-order valence-electron chi connectivity index (χ1n) is 8.21. The van der Waals surface area contributed by atoms with Gasteiger partial charge in [0.15, 0.2) is 5.82 Å². The van der Waals surface area contributed by atoms with Crippen LogP contribution in [0, 0.1) is 0 Å². The molecule has 0 unspecified atom stereocenters. The van der Waals surface area contributed by atoms with Crippen LogP contribution in [0.25, 0.3) is 11.4 Å². The van der Waals surface area contributed by atoms with Crippen LogP contribution in [0.1, 0.15) is 28.4 Å². The van der Waals surface area contributed by atoms with Crippen molar-refractivity contribution in [3.05, 3.63) is 65.7 Å². The van der Waals surface area contributed by atoms with E-state index in [2.05, 4.69) is 22.0 Å². The first-order chi connectivity index (χ1) is 12.1. The molecule has 1 amide bonds. The smallest absolute Gasteiger partial charge is 0.253 e. The zero-order valence-electron chi connectivity index (χ0n) is 14.7. The predicted molar refractivity (Wildman–Crippen MR) is 95.9 cm³/mol. The lowest BCUT2D eigenvalue weighted by atomic mass is 10.1. The van der Waals surface area contributed by atoms with Crippen molar-refractivity contribution in [1.29, 1.82) is 0 Å². The molecule has 6 nitrogen and oxygen atoms in total. The zero-order valence-corrected chi connectivity index (χ0v) is 14.7. The van der Waals surface area contributed by atoms with E-state index in [0.29, 0.717) is 17.9 Å². The van der Waals surface area contributed by atoms with Crippen molar-refractivity contribution >= 4 is 5.91 Å². The molecule has 0 saturated heterocycles. The Morgan fingerprint density at radius 3 is 2.56 bits per heavy atom. The summed E-state index contributed by atoms with van der Waals surface area (Å²) in [5.74, 6) is 0.581. The van der Waals surface area contributed by atoms with E-state index in [4.69, 9.17) is 0 Å². The summed E-state index contributed by atoms with van der Waals surface area (Å²) in [4.78, 5) is 23.2. The van der Waals surface area contributed by atoms with E-state index in [1.807, 2.05) is 49.9 Å². The molecule has 6 heteroatoms. The Kier molecular flexibility index (Phi) is 4.88. The summed E-state index contributed by atoms with van der Waals surface area (Å²) in [6.45, 7) is 2.58. The third-order valence-electron chi connectivity index (χ3n) is 4.01. The number of benzene rings is 1. The molecule has 0 aliphatic carbocycles. The normalized spacial score (nSPS) is 10.7. The van der Waals surface area contributed by atoms with E-state index < -0.39 is 0 Å². The molecule has 2 heterocycles. The number of carbonyl (C=O) groups is 1. The van der Waals surface area contributed by atoms with Gasteiger partial charge in [-0.05, 0) is 24.1 Å². The van der Waals surface area contributed by atoms with Crippen LogP contribution in [-0.2, 0) is 20.0 Å². The second kappa shape index (κ2) is 7.25. The SMILES string of the molecule is CCc1cnc(-c2cccc(C(=O)N(C)Cc3cnn(C)c3)c2)nc1. The van der Waals surface area contributed by atoms with Gasteiger partial charge in [-0.1, -0.05) is 19.1 Å². The number of amides is 1. The fourth-order valence-corrected chi connectivity index (χ4v) is 2.60. The molecule has 0 aliphatic heterocycles. The molecule has 0 fully saturated rings. The lowest BCUT2D eigenvalue weighted by Crippen LogP contribution is -2.26. The highest BCUT2D eigenvalue weighted by molar-refractivity contribution is 5.95. The van der Waals surface area contributed by atoms with Crippen LogP contribution in [0.5, 0.6) is 0 Å². The standard InChI is InChI=1S/C19H21N5O/c1-4-14-9-20-18(21-10-14)16-6-5-7-17(8-16)19(25)23(2)12-15-11-22-24(3)13-15/h5-11,13H,4,12H2,1-3H3. The quantitative estimate of drug-likeness (QED) is 0.719. The first-order valence-corrected chi connectivity index (χ1v) is 8.21. The maximum Gasteiger partial charge on any atom is 0.253 e. The summed E-state index contributed by atoms with van der Waals surface area (Å²) in [6, 6.07) is 7.42. The highest BCUT2D eigenvalue weighted by Crippen LogP contribution is 2.18. The molecule has 0 atom stereocenters. The zero-order chi connectivity index (χ0) is 17.8. The van der Waals surface area contributed by atoms with Crippen LogP contribution in [0.2, 0.25) is 0 Å². The molecular weight excluding hydrogens is 314 g/mol. The average Bonchev–Trinajstić information content (AvgIpc) is 3.06. The van der Waals surface area contributed by atoms with Gasteiger partial charge in [-0.3, -0.25) is 9.48 Å². The Balaban J connectivity index is 1.78. The van der Waals surface area contributed by atoms with Gasteiger partial charge >= 0.3 is 0 Å². The summed E-state index contributed by atoms with van der Waals surface area (Å²) >= 11 is 0. The molecule has 0 aliphatic rings. The highest BCUT2D eigenvalue weighted by atomic mass is 16.2. The summed E-state index contributed by atoms with van der Waals surface area (Å²) in [5, 5.41) is 4.13. The van der Waals surface area contributed by atoms with Crippen LogP contribution >= 0.6 is 0 Å². The van der Waals surface area contributed by atoms with Crippen molar-refractivity contribution in [2.75, 3.05) is 7.05 Å². The molecule has 0 radical (unpaired) electrons. The average molecular weight is 335 g/mol. The van der Waals surface area contributed by atoms with Crippen LogP contribution < -0.4 is 0 Å². The van der Waals surface area contributed by atoms with Gasteiger partial charge in [0.25, 0.3) is 5.91 Å². The van der Waals surface area contributed by atoms with Crippen LogP contribution in [0.15, 0.2) is 49.1 Å². The molecule has 0 bridgehead atoms. The van der Waals surface area contributed by atoms with Crippen LogP contribution in [0.3, 0.4) is 0 Å². The van der Waals surface area contributed by atoms with Crippen LogP contribution in [-0.4, -0.2) is 37.6 Å². The summed E-state index contributed by atoms with van der Waals surface area (Å²) in [6.07, 6.45) is 8.22. The number of aryl methyl sites for hydroxylation is 2. The highest BCUT2D eigenvalue weighted by Gasteiger charge is 2.14. The van der Waals surface area contributed by atoms with Crippen molar-refractivity contribution in [1.82, 2.24) is 24.6 Å². The maximum absolute atomic E-state index is 12.7. The molecule has 0 spiro atoms. The fourth-order valence-electron chi connectivity index (χ4n) is 2.60. The van der Waals surface area contributed by atoms with E-state index in [1.54, 1.807) is 22.8 Å². The minimum atomic E-state index is -0.0455. The van der Waals surface area contributed by atoms with E-state index in [-0.39, 0.29) is 5.91 Å². The second-order valence-electron chi connectivity index (χ2n) is 6.03. The van der Waals surface area contributed by atoms with Gasteiger partial charge in [0, 0.05) is 55.9 Å². The summed E-state index contributed by atoms with van der Waals surface area (Å²) in [7, 11) is 3.65. The predicted octanol–water partition coefficient (Wildman–Crippen LogP) is 2.71. The fraction of sp³-hybridized carbons (Fsp3) is 0.263. The number of hydrogen-bond donors (Lipinski definition) is 0. The molecule has 128 valence electrons. The number of nitrogens with zero attached hydrogens (tertiary/aromatic N) is 5. The molecule has 3 rings (SSSR count). The van der Waals surface area contributed by atoms with Gasteiger partial charge in [-0.2, -0.15) is 5.10 Å². The minimum absolute atomic E-state index is 0.0455. The Bertz CT molecular complexity index is 870. The van der Waals surface area contributed by atoms with E-state index in [1.165, 1.54) is 0 Å². The van der Waals surface area contributed by atoms with E-state index >= 15 is 0 Å². The van der Waals surface area contributed by atoms with Crippen molar-refractivity contribution in [3.63, 3.8) is 0 Å². The summed E-state index contributed by atoms with van der Waals surface area (Å²) < 4.78 is 1.73. The van der Waals surface area contributed by atoms with Crippen LogP contribution in [0.4, 0.5) is 0 Å². The minimum Gasteiger partial charge on any atom is -0.337 e. The number of aromatic nitrogens is 4. The van der Waals surface area contributed by atoms with Gasteiger partial charge in [-0.25, -0.2) is 9.97 Å². The molecule has 25 heavy (non-hydrogen) atoms. The molecule has 0 N–H and O–H groups in total. The van der Waals surface area contributed by atoms with Gasteiger partial charge in [0.1, 0.15) is 0 Å². The Labute approximate surface area is 147 Å². The van der Waals surface area contributed by atoms with Gasteiger partial charge in [-0.15, -0.1) is 0 Å². The third kappa shape index (κ3) is 3.91. The molecule has 2 aromatic heterocycles. The van der Waals surface area contributed by atoms with Gasteiger partial charge in [0.05, 0.1) is 6.20 Å². The first kappa shape index (κ1) is 16.8. The van der Waals surface area contributed by atoms with Crippen molar-refractivity contribution in [2.24, 2.45) is 7.05 Å². The van der Waals surface area contributed by atoms with Crippen molar-refractivity contribution in [3.8, 4) is 11.4 Å². The Morgan fingerprint density at radius 2 is 1.92 bits per heavy atom. The topological polar surface area (TPSA) is 63.9 Å². The Morgan fingerprint density at radius 1 is 1.16 bits per heavy atom. The number of hydrogen-bond acceptors (Lipinski definition) is 4. The molecule has 0 saturated carbocycles. The maximum atomic E-state index is 12.7. The molecule has 1 aromatic carbocycles. The Hall–Kier alpha value is -3.02. The number of rotatable bonds is 5. The van der Waals surface area contributed by atoms with Crippen molar-refractivity contribution in [2.45, 2.75) is 19.9 Å². The third-order valence-corrected chi connectivity index (χ3v) is 4.01. The number of carbonyl (C=O) groups excluding carboxylic acids is 1. The lowest BCUT2D eigenvalue weighted by molar-refractivity contribution is 0.0785. The second-order valence-corrected chi connectivity index (χ2v) is 6.03. The van der Waals surface area contributed by atoms with Gasteiger partial charge in [0.2, 0.25) is 0 Å². The van der Waals surface area contributed by atoms with Gasteiger partial charge < -0.3 is 4.90 Å². The van der Waals surface area contributed by atoms with Crippen molar-refractivity contribution < 1.29 is 4.79 Å². The molecular formula is C19H21N5O. The lowest BCUT2D eigenvalue weighted by Gasteiger charge is -2.16. The molecule has 3 aromatic rings. The largest absolute Gasteiger partial charge is 0.337 e. The van der Waals surface area contributed by atoms with E-state index in [9.17, 15) is 4.79 Å².